The maximum atomic E-state index is 5.13. The first kappa shape index (κ1) is 34.8. The number of rotatable bonds is 6. The molecule has 0 atom stereocenters. The van der Waals surface area contributed by atoms with Gasteiger partial charge < -0.3 is 4.57 Å². The highest BCUT2D eigenvalue weighted by molar-refractivity contribution is 6.26. The van der Waals surface area contributed by atoms with Gasteiger partial charge in [0, 0.05) is 38.6 Å². The number of fused-ring (bicyclic) bond motifs is 9. The maximum absolute atomic E-state index is 5.13. The van der Waals surface area contributed by atoms with Crippen LogP contribution >= 0.6 is 0 Å². The topological polar surface area (TPSA) is 43.6 Å². The quantitative estimate of drug-likeness (QED) is 0.158. The molecule has 0 bridgehead atoms. The van der Waals surface area contributed by atoms with E-state index >= 15 is 0 Å². The molecule has 0 unspecified atom stereocenters. The lowest BCUT2D eigenvalue weighted by molar-refractivity contribution is 1.07. The molecule has 0 aliphatic heterocycles. The predicted molar refractivity (Wildman–Crippen MR) is 254 cm³/mol. The second kappa shape index (κ2) is 14.3. The molecule has 284 valence electrons. The van der Waals surface area contributed by atoms with E-state index in [2.05, 4.69) is 187 Å². The van der Waals surface area contributed by atoms with Crippen molar-refractivity contribution in [2.45, 2.75) is 0 Å². The third-order valence-electron chi connectivity index (χ3n) is 12.0. The molecule has 0 fully saturated rings. The fourth-order valence-corrected chi connectivity index (χ4v) is 9.24. The Kier molecular flexibility index (Phi) is 8.13. The van der Waals surface area contributed by atoms with Crippen LogP contribution in [0.4, 0.5) is 0 Å². The second-order valence-electron chi connectivity index (χ2n) is 15.5. The highest BCUT2D eigenvalue weighted by Crippen LogP contribution is 2.45. The summed E-state index contributed by atoms with van der Waals surface area (Å²) >= 11 is 0. The summed E-state index contributed by atoms with van der Waals surface area (Å²) in [5.74, 6) is 1.90. The number of aromatic nitrogens is 4. The minimum Gasteiger partial charge on any atom is -0.308 e. The zero-order valence-electron chi connectivity index (χ0n) is 33.1. The number of hydrogen-bond acceptors (Lipinski definition) is 3. The number of hydrogen-bond donors (Lipinski definition) is 0. The van der Waals surface area contributed by atoms with Gasteiger partial charge >= 0.3 is 0 Å². The van der Waals surface area contributed by atoms with Gasteiger partial charge in [-0.15, -0.1) is 0 Å². The van der Waals surface area contributed by atoms with Crippen molar-refractivity contribution in [1.82, 2.24) is 19.5 Å². The fourth-order valence-electron chi connectivity index (χ4n) is 9.24. The predicted octanol–water partition coefficient (Wildman–Crippen LogP) is 14.8. The average Bonchev–Trinajstić information content (AvgIpc) is 3.69. The van der Waals surface area contributed by atoms with E-state index in [9.17, 15) is 0 Å². The van der Waals surface area contributed by atoms with E-state index in [0.717, 1.165) is 39.0 Å². The lowest BCUT2D eigenvalue weighted by atomic mass is 9.90. The molecule has 4 heteroatoms. The Labute approximate surface area is 352 Å². The van der Waals surface area contributed by atoms with Crippen molar-refractivity contribution in [2.24, 2.45) is 0 Å². The first-order chi connectivity index (χ1) is 30.3. The normalized spacial score (nSPS) is 11.6. The van der Waals surface area contributed by atoms with Crippen LogP contribution in [-0.2, 0) is 0 Å². The van der Waals surface area contributed by atoms with Crippen molar-refractivity contribution in [3.63, 3.8) is 0 Å². The Bertz CT molecular complexity index is 3570. The van der Waals surface area contributed by atoms with Crippen LogP contribution < -0.4 is 0 Å². The molecule has 0 spiro atoms. The Hall–Kier alpha value is -8.21. The summed E-state index contributed by atoms with van der Waals surface area (Å²) in [7, 11) is 0. The van der Waals surface area contributed by atoms with Crippen LogP contribution in [0.5, 0.6) is 0 Å². The van der Waals surface area contributed by atoms with E-state index in [1.165, 1.54) is 59.7 Å². The van der Waals surface area contributed by atoms with Gasteiger partial charge in [-0.1, -0.05) is 194 Å². The molecule has 12 aromatic rings. The molecule has 0 amide bonds. The summed E-state index contributed by atoms with van der Waals surface area (Å²) in [6.45, 7) is 0. The van der Waals surface area contributed by atoms with E-state index in [1.807, 2.05) is 36.4 Å². The molecule has 0 radical (unpaired) electrons. The Morgan fingerprint density at radius 1 is 0.262 bits per heavy atom. The van der Waals surface area contributed by atoms with Gasteiger partial charge in [-0.3, -0.25) is 0 Å². The van der Waals surface area contributed by atoms with Crippen LogP contribution in [-0.4, -0.2) is 19.5 Å². The van der Waals surface area contributed by atoms with Crippen LogP contribution in [0, 0.1) is 0 Å². The van der Waals surface area contributed by atoms with Crippen LogP contribution in [0.25, 0.3) is 116 Å². The fraction of sp³-hybridized carbons (Fsp3) is 0. The first-order valence-corrected chi connectivity index (χ1v) is 20.7. The van der Waals surface area contributed by atoms with Crippen molar-refractivity contribution < 1.29 is 0 Å². The summed E-state index contributed by atoms with van der Waals surface area (Å²) in [4.78, 5) is 15.2. The molecule has 0 aliphatic carbocycles. The van der Waals surface area contributed by atoms with Gasteiger partial charge in [-0.05, 0) is 67.7 Å². The molecular weight excluding hydrogens is 741 g/mol. The molecule has 4 nitrogen and oxygen atoms in total. The third kappa shape index (κ3) is 5.80. The smallest absolute Gasteiger partial charge is 0.164 e. The number of nitrogens with zero attached hydrogens (tertiary/aromatic N) is 4. The Morgan fingerprint density at radius 3 is 1.30 bits per heavy atom. The van der Waals surface area contributed by atoms with Crippen molar-refractivity contribution in [3.05, 3.63) is 218 Å². The van der Waals surface area contributed by atoms with E-state index in [1.54, 1.807) is 0 Å². The van der Waals surface area contributed by atoms with Gasteiger partial charge in [-0.25, -0.2) is 15.0 Å². The average molecular weight is 777 g/mol. The largest absolute Gasteiger partial charge is 0.308 e. The van der Waals surface area contributed by atoms with Gasteiger partial charge in [0.25, 0.3) is 0 Å². The molecule has 0 N–H and O–H groups in total. The molecule has 12 rings (SSSR count). The minimum absolute atomic E-state index is 0.622. The number of para-hydroxylation sites is 2. The Balaban J connectivity index is 1.18. The van der Waals surface area contributed by atoms with Gasteiger partial charge in [-0.2, -0.15) is 0 Å². The van der Waals surface area contributed by atoms with Gasteiger partial charge in [0.15, 0.2) is 17.5 Å². The van der Waals surface area contributed by atoms with Crippen molar-refractivity contribution in [2.75, 3.05) is 0 Å². The van der Waals surface area contributed by atoms with Crippen LogP contribution in [0.2, 0.25) is 0 Å². The summed E-state index contributed by atoms with van der Waals surface area (Å²) in [5, 5.41) is 9.80. The summed E-state index contributed by atoms with van der Waals surface area (Å²) in [6, 6.07) is 77.8. The zero-order chi connectivity index (χ0) is 40.3. The first-order valence-electron chi connectivity index (χ1n) is 20.7. The lowest BCUT2D eigenvalue weighted by Crippen LogP contribution is -2.01. The van der Waals surface area contributed by atoms with E-state index in [4.69, 9.17) is 15.0 Å². The molecule has 0 saturated carbocycles. The SMILES string of the molecule is c1ccc(-c2nc(-c3ccccc3)nc(-c3cccc(-c4cc5c6ccccc6c6ccccc6c5cc4-n4c5ccccc5c5cccc(-c6ccccc6)c54)c3)n2)cc1. The molecule has 2 aromatic heterocycles. The third-order valence-corrected chi connectivity index (χ3v) is 12.0. The summed E-state index contributed by atoms with van der Waals surface area (Å²) in [6.07, 6.45) is 0. The second-order valence-corrected chi connectivity index (χ2v) is 15.5. The number of benzene rings is 10. The highest BCUT2D eigenvalue weighted by atomic mass is 15.0. The highest BCUT2D eigenvalue weighted by Gasteiger charge is 2.22. The molecule has 61 heavy (non-hydrogen) atoms. The van der Waals surface area contributed by atoms with E-state index in [0.29, 0.717) is 17.5 Å². The summed E-state index contributed by atoms with van der Waals surface area (Å²) < 4.78 is 2.50. The summed E-state index contributed by atoms with van der Waals surface area (Å²) in [5.41, 5.74) is 10.8. The maximum Gasteiger partial charge on any atom is 0.164 e. The lowest BCUT2D eigenvalue weighted by Gasteiger charge is -2.20. The molecule has 0 saturated heterocycles. The van der Waals surface area contributed by atoms with Crippen molar-refractivity contribution >= 4 is 54.1 Å². The molecule has 2 heterocycles. The van der Waals surface area contributed by atoms with Crippen molar-refractivity contribution in [1.29, 1.82) is 0 Å². The molecule has 10 aromatic carbocycles. The standard InChI is InChI=1S/C57H36N4/c1-4-18-37(19-5-1)42-31-17-32-48-47-30-14-15-33-52(47)61(54(42)48)53-36-51-46-29-13-11-27-44(46)43-26-10-12-28-45(43)50(51)35-49(53)40-24-16-25-41(34-40)57-59-55(38-20-6-2-7-21-38)58-56(60-57)39-22-8-3-9-23-39/h1-36H. The van der Waals surface area contributed by atoms with Gasteiger partial charge in [0.1, 0.15) is 0 Å². The van der Waals surface area contributed by atoms with E-state index in [-0.39, 0.29) is 0 Å². The van der Waals surface area contributed by atoms with E-state index < -0.39 is 0 Å². The van der Waals surface area contributed by atoms with Crippen LogP contribution in [0.3, 0.4) is 0 Å². The minimum atomic E-state index is 0.622. The van der Waals surface area contributed by atoms with Crippen molar-refractivity contribution in [3.8, 4) is 62.1 Å². The van der Waals surface area contributed by atoms with Crippen LogP contribution in [0.15, 0.2) is 218 Å². The Morgan fingerprint density at radius 2 is 0.689 bits per heavy atom. The zero-order valence-corrected chi connectivity index (χ0v) is 33.1. The monoisotopic (exact) mass is 776 g/mol. The molecular formula is C57H36N4. The van der Waals surface area contributed by atoms with Gasteiger partial charge in [0.2, 0.25) is 0 Å². The van der Waals surface area contributed by atoms with Crippen LogP contribution in [0.1, 0.15) is 0 Å². The molecule has 0 aliphatic rings. The van der Waals surface area contributed by atoms with Gasteiger partial charge in [0.05, 0.1) is 16.7 Å².